The number of aliphatic imine (C=N–C) groups is 1. The van der Waals surface area contributed by atoms with Crippen LogP contribution in [-0.2, 0) is 16.0 Å². The van der Waals surface area contributed by atoms with Crippen LogP contribution in [0.2, 0.25) is 0 Å². The zero-order valence-electron chi connectivity index (χ0n) is 16.2. The maximum Gasteiger partial charge on any atom is 0.309 e. The van der Waals surface area contributed by atoms with Crippen molar-refractivity contribution in [2.75, 3.05) is 32.8 Å². The number of nitrogens with zero attached hydrogens (tertiary/aromatic N) is 2. The lowest BCUT2D eigenvalue weighted by Crippen LogP contribution is -2.46. The summed E-state index contributed by atoms with van der Waals surface area (Å²) in [7, 11) is 0. The molecule has 1 aromatic carbocycles. The van der Waals surface area contributed by atoms with Crippen LogP contribution in [0, 0.1) is 5.92 Å². The van der Waals surface area contributed by atoms with E-state index in [1.54, 1.807) is 0 Å². The molecule has 0 radical (unpaired) electrons. The highest BCUT2D eigenvalue weighted by Crippen LogP contribution is 2.19. The van der Waals surface area contributed by atoms with Gasteiger partial charge in [0, 0.05) is 30.7 Å². The third-order valence-corrected chi connectivity index (χ3v) is 5.02. The van der Waals surface area contributed by atoms with Gasteiger partial charge in [0.15, 0.2) is 5.96 Å². The summed E-state index contributed by atoms with van der Waals surface area (Å²) >= 11 is 3.51. The standard InChI is InChI=1S/C20H30BrN3O2.HI/c1-3-22-20(23-12-6-8-16-7-5-9-18(21)15-16)24-13-10-17(11-14-24)19(25)26-4-2;/h5,7,9,15,17H,3-4,6,8,10-14H2,1-2H3,(H,22,23);1H. The minimum Gasteiger partial charge on any atom is -0.466 e. The molecule has 0 spiro atoms. The zero-order valence-corrected chi connectivity index (χ0v) is 20.2. The molecule has 1 aromatic rings. The van der Waals surface area contributed by atoms with Gasteiger partial charge in [0.2, 0.25) is 0 Å². The normalized spacial score (nSPS) is 15.2. The van der Waals surface area contributed by atoms with Crippen LogP contribution in [0.4, 0.5) is 0 Å². The topological polar surface area (TPSA) is 53.9 Å². The number of likely N-dealkylation sites (tertiary alicyclic amines) is 1. The van der Waals surface area contributed by atoms with E-state index in [-0.39, 0.29) is 35.9 Å². The number of carbonyl (C=O) groups is 1. The Bertz CT molecular complexity index is 605. The fraction of sp³-hybridized carbons (Fsp3) is 0.600. The number of benzene rings is 1. The van der Waals surface area contributed by atoms with Crippen molar-refractivity contribution in [2.24, 2.45) is 10.9 Å². The van der Waals surface area contributed by atoms with Gasteiger partial charge in [-0.05, 0) is 57.2 Å². The second-order valence-electron chi connectivity index (χ2n) is 6.48. The molecule has 0 aromatic heterocycles. The number of carbonyl (C=O) groups excluding carboxylic acids is 1. The first-order valence-electron chi connectivity index (χ1n) is 9.58. The Balaban J connectivity index is 0.00000364. The molecule has 1 aliphatic heterocycles. The van der Waals surface area contributed by atoms with Gasteiger partial charge in [0.1, 0.15) is 0 Å². The van der Waals surface area contributed by atoms with Crippen LogP contribution in [0.1, 0.15) is 38.7 Å². The molecule has 1 fully saturated rings. The highest BCUT2D eigenvalue weighted by molar-refractivity contribution is 14.0. The van der Waals surface area contributed by atoms with Gasteiger partial charge >= 0.3 is 5.97 Å². The molecule has 1 N–H and O–H groups in total. The van der Waals surface area contributed by atoms with Gasteiger partial charge in [0.05, 0.1) is 12.5 Å². The lowest BCUT2D eigenvalue weighted by atomic mass is 9.97. The maximum atomic E-state index is 11.9. The van der Waals surface area contributed by atoms with Crippen molar-refractivity contribution < 1.29 is 9.53 Å². The smallest absolute Gasteiger partial charge is 0.309 e. The fourth-order valence-electron chi connectivity index (χ4n) is 3.17. The van der Waals surface area contributed by atoms with E-state index in [4.69, 9.17) is 9.73 Å². The van der Waals surface area contributed by atoms with Crippen LogP contribution in [0.3, 0.4) is 0 Å². The van der Waals surface area contributed by atoms with E-state index in [1.165, 1.54) is 5.56 Å². The summed E-state index contributed by atoms with van der Waals surface area (Å²) in [5.74, 6) is 0.942. The molecule has 0 aliphatic carbocycles. The largest absolute Gasteiger partial charge is 0.466 e. The number of piperidine rings is 1. The van der Waals surface area contributed by atoms with Gasteiger partial charge in [-0.2, -0.15) is 0 Å². The van der Waals surface area contributed by atoms with E-state index in [0.717, 1.165) is 62.3 Å². The molecule has 7 heteroatoms. The van der Waals surface area contributed by atoms with E-state index in [9.17, 15) is 4.79 Å². The lowest BCUT2D eigenvalue weighted by Gasteiger charge is -2.33. The molecule has 0 saturated carbocycles. The predicted molar refractivity (Wildman–Crippen MR) is 125 cm³/mol. The van der Waals surface area contributed by atoms with Crippen molar-refractivity contribution in [3.63, 3.8) is 0 Å². The SMILES string of the molecule is CCNC(=NCCCc1cccc(Br)c1)N1CCC(C(=O)OCC)CC1.I. The van der Waals surface area contributed by atoms with E-state index in [0.29, 0.717) is 6.61 Å². The minimum atomic E-state index is -0.0527. The summed E-state index contributed by atoms with van der Waals surface area (Å²) in [6.07, 6.45) is 3.71. The van der Waals surface area contributed by atoms with Gasteiger partial charge in [0.25, 0.3) is 0 Å². The van der Waals surface area contributed by atoms with Crippen LogP contribution < -0.4 is 5.32 Å². The van der Waals surface area contributed by atoms with Crippen molar-refractivity contribution in [2.45, 2.75) is 39.5 Å². The Morgan fingerprint density at radius 1 is 1.33 bits per heavy atom. The molecule has 1 saturated heterocycles. The zero-order chi connectivity index (χ0) is 18.8. The summed E-state index contributed by atoms with van der Waals surface area (Å²) in [6, 6.07) is 8.43. The highest BCUT2D eigenvalue weighted by Gasteiger charge is 2.27. The fourth-order valence-corrected chi connectivity index (χ4v) is 3.62. The van der Waals surface area contributed by atoms with E-state index < -0.39 is 0 Å². The first kappa shape index (κ1) is 24.2. The van der Waals surface area contributed by atoms with Crippen LogP contribution in [0.15, 0.2) is 33.7 Å². The Kier molecular flexibility index (Phi) is 12.0. The summed E-state index contributed by atoms with van der Waals surface area (Å²) in [4.78, 5) is 18.9. The van der Waals surface area contributed by atoms with Crippen LogP contribution in [-0.4, -0.2) is 49.6 Å². The number of aryl methyl sites for hydroxylation is 1. The van der Waals surface area contributed by atoms with Gasteiger partial charge in [-0.15, -0.1) is 24.0 Å². The molecular formula is C20H31BrIN3O2. The summed E-state index contributed by atoms with van der Waals surface area (Å²) in [6.45, 7) is 7.75. The molecule has 2 rings (SSSR count). The Hall–Kier alpha value is -0.830. The number of hydrogen-bond donors (Lipinski definition) is 1. The minimum absolute atomic E-state index is 0. The maximum absolute atomic E-state index is 11.9. The molecule has 1 heterocycles. The summed E-state index contributed by atoms with van der Waals surface area (Å²) < 4.78 is 6.27. The van der Waals surface area contributed by atoms with Gasteiger partial charge in [-0.25, -0.2) is 0 Å². The van der Waals surface area contributed by atoms with Crippen molar-refractivity contribution in [1.29, 1.82) is 0 Å². The van der Waals surface area contributed by atoms with Crippen molar-refractivity contribution in [1.82, 2.24) is 10.2 Å². The molecule has 0 unspecified atom stereocenters. The van der Waals surface area contributed by atoms with Crippen molar-refractivity contribution in [3.8, 4) is 0 Å². The Labute approximate surface area is 188 Å². The Morgan fingerprint density at radius 2 is 2.07 bits per heavy atom. The van der Waals surface area contributed by atoms with Gasteiger partial charge in [-0.3, -0.25) is 9.79 Å². The highest BCUT2D eigenvalue weighted by atomic mass is 127. The summed E-state index contributed by atoms with van der Waals surface area (Å²) in [5, 5.41) is 3.38. The third-order valence-electron chi connectivity index (χ3n) is 4.52. The number of nitrogens with one attached hydrogen (secondary N) is 1. The Morgan fingerprint density at radius 3 is 2.70 bits per heavy atom. The molecule has 1 aliphatic rings. The first-order chi connectivity index (χ1) is 12.6. The average molecular weight is 552 g/mol. The number of guanidine groups is 1. The predicted octanol–water partition coefficient (Wildman–Crippen LogP) is 4.24. The van der Waals surface area contributed by atoms with Crippen LogP contribution in [0.5, 0.6) is 0 Å². The molecule has 27 heavy (non-hydrogen) atoms. The van der Waals surface area contributed by atoms with Crippen molar-refractivity contribution in [3.05, 3.63) is 34.3 Å². The average Bonchev–Trinajstić information content (AvgIpc) is 2.65. The number of rotatable bonds is 7. The quantitative estimate of drug-likeness (QED) is 0.181. The van der Waals surface area contributed by atoms with Crippen molar-refractivity contribution >= 4 is 51.8 Å². The number of esters is 1. The lowest BCUT2D eigenvalue weighted by molar-refractivity contribution is -0.149. The second-order valence-corrected chi connectivity index (χ2v) is 7.40. The first-order valence-corrected chi connectivity index (χ1v) is 10.4. The molecular weight excluding hydrogens is 521 g/mol. The monoisotopic (exact) mass is 551 g/mol. The number of halogens is 2. The number of hydrogen-bond acceptors (Lipinski definition) is 3. The van der Waals surface area contributed by atoms with Gasteiger partial charge < -0.3 is 15.0 Å². The van der Waals surface area contributed by atoms with Crippen LogP contribution in [0.25, 0.3) is 0 Å². The molecule has 0 atom stereocenters. The molecule has 0 amide bonds. The molecule has 152 valence electrons. The third kappa shape index (κ3) is 8.37. The van der Waals surface area contributed by atoms with E-state index in [2.05, 4.69) is 51.3 Å². The molecule has 0 bridgehead atoms. The molecule has 5 nitrogen and oxygen atoms in total. The van der Waals surface area contributed by atoms with E-state index in [1.807, 2.05) is 13.0 Å². The second kappa shape index (κ2) is 13.4. The number of ether oxygens (including phenoxy) is 1. The van der Waals surface area contributed by atoms with Crippen LogP contribution >= 0.6 is 39.9 Å². The van der Waals surface area contributed by atoms with Gasteiger partial charge in [-0.1, -0.05) is 28.1 Å². The summed E-state index contributed by atoms with van der Waals surface area (Å²) in [5.41, 5.74) is 1.33. The van der Waals surface area contributed by atoms with E-state index >= 15 is 0 Å².